The summed E-state index contributed by atoms with van der Waals surface area (Å²) < 4.78 is 8.21. The third-order valence-electron chi connectivity index (χ3n) is 2.84. The van der Waals surface area contributed by atoms with Gasteiger partial charge in [-0.3, -0.25) is 4.68 Å². The molecule has 1 rings (SSSR count). The maximum Gasteiger partial charge on any atom is 0.0766 e. The van der Waals surface area contributed by atoms with E-state index in [-0.39, 0.29) is 6.04 Å². The first-order valence-electron chi connectivity index (χ1n) is 6.12. The highest BCUT2D eigenvalue weighted by Crippen LogP contribution is 2.23. The molecular formula is C12H22BrN3O. The van der Waals surface area contributed by atoms with Crippen LogP contribution in [-0.4, -0.2) is 29.5 Å². The zero-order chi connectivity index (χ0) is 12.8. The number of nitrogens with zero attached hydrogens (tertiary/aromatic N) is 2. The molecule has 2 N–H and O–H groups in total. The molecule has 5 heteroatoms. The fourth-order valence-electron chi connectivity index (χ4n) is 1.83. The molecule has 1 aromatic heterocycles. The molecule has 1 aromatic rings. The number of halogens is 1. The van der Waals surface area contributed by atoms with Crippen molar-refractivity contribution >= 4 is 15.9 Å². The lowest BCUT2D eigenvalue weighted by atomic mass is 10.1. The second-order valence-electron chi connectivity index (χ2n) is 4.12. The Morgan fingerprint density at radius 1 is 1.47 bits per heavy atom. The molecule has 0 aliphatic heterocycles. The predicted molar refractivity (Wildman–Crippen MR) is 73.2 cm³/mol. The Bertz CT molecular complexity index is 352. The fraction of sp³-hybridized carbons (Fsp3) is 0.750. The lowest BCUT2D eigenvalue weighted by Crippen LogP contribution is -2.26. The van der Waals surface area contributed by atoms with Gasteiger partial charge in [0.15, 0.2) is 0 Å². The molecule has 0 bridgehead atoms. The van der Waals surface area contributed by atoms with Crippen molar-refractivity contribution in [1.82, 2.24) is 9.78 Å². The second-order valence-corrected chi connectivity index (χ2v) is 4.92. The molecule has 1 heterocycles. The molecule has 0 saturated carbocycles. The highest BCUT2D eigenvalue weighted by molar-refractivity contribution is 9.10. The van der Waals surface area contributed by atoms with Gasteiger partial charge in [0.2, 0.25) is 0 Å². The van der Waals surface area contributed by atoms with E-state index in [2.05, 4.69) is 34.9 Å². The number of hydrogen-bond donors (Lipinski definition) is 1. The molecule has 4 nitrogen and oxygen atoms in total. The average molecular weight is 304 g/mol. The molecule has 0 radical (unpaired) electrons. The molecule has 0 amide bonds. The van der Waals surface area contributed by atoms with Crippen molar-refractivity contribution in [3.63, 3.8) is 0 Å². The first-order chi connectivity index (χ1) is 8.13. The van der Waals surface area contributed by atoms with Gasteiger partial charge in [0.1, 0.15) is 0 Å². The van der Waals surface area contributed by atoms with Crippen molar-refractivity contribution in [3.8, 4) is 0 Å². The Kier molecular flexibility index (Phi) is 6.16. The summed E-state index contributed by atoms with van der Waals surface area (Å²) >= 11 is 3.63. The van der Waals surface area contributed by atoms with E-state index in [0.29, 0.717) is 6.61 Å². The Hall–Kier alpha value is -0.390. The third kappa shape index (κ3) is 3.79. The summed E-state index contributed by atoms with van der Waals surface area (Å²) in [6, 6.07) is 0.123. The van der Waals surface area contributed by atoms with Gasteiger partial charge in [-0.2, -0.15) is 5.10 Å². The van der Waals surface area contributed by atoms with E-state index in [0.717, 1.165) is 36.0 Å². The topological polar surface area (TPSA) is 53.1 Å². The molecule has 17 heavy (non-hydrogen) atoms. The minimum atomic E-state index is 0.123. The summed E-state index contributed by atoms with van der Waals surface area (Å²) in [5.41, 5.74) is 8.41. The number of aryl methyl sites for hydroxylation is 2. The van der Waals surface area contributed by atoms with E-state index in [1.807, 2.05) is 4.68 Å². The van der Waals surface area contributed by atoms with Gasteiger partial charge in [-0.25, -0.2) is 0 Å². The molecule has 0 aliphatic rings. The zero-order valence-corrected chi connectivity index (χ0v) is 12.5. The summed E-state index contributed by atoms with van der Waals surface area (Å²) in [5, 5.41) is 4.56. The smallest absolute Gasteiger partial charge is 0.0766 e. The normalized spacial score (nSPS) is 13.0. The van der Waals surface area contributed by atoms with Crippen LogP contribution in [0.4, 0.5) is 0 Å². The van der Waals surface area contributed by atoms with Gasteiger partial charge in [0.05, 0.1) is 15.9 Å². The third-order valence-corrected chi connectivity index (χ3v) is 3.76. The van der Waals surface area contributed by atoms with Crippen molar-refractivity contribution in [2.75, 3.05) is 13.7 Å². The first-order valence-corrected chi connectivity index (χ1v) is 6.91. The minimum absolute atomic E-state index is 0.123. The van der Waals surface area contributed by atoms with Gasteiger partial charge in [-0.05, 0) is 35.7 Å². The summed E-state index contributed by atoms with van der Waals surface area (Å²) in [4.78, 5) is 0. The Balaban J connectivity index is 2.78. The summed E-state index contributed by atoms with van der Waals surface area (Å²) in [6.45, 7) is 5.80. The van der Waals surface area contributed by atoms with Crippen LogP contribution in [0.15, 0.2) is 4.47 Å². The number of rotatable bonds is 7. The van der Waals surface area contributed by atoms with Crippen LogP contribution in [0.2, 0.25) is 0 Å². The van der Waals surface area contributed by atoms with Crippen LogP contribution in [-0.2, 0) is 24.1 Å². The van der Waals surface area contributed by atoms with Gasteiger partial charge in [0, 0.05) is 32.7 Å². The maximum absolute atomic E-state index is 6.09. The van der Waals surface area contributed by atoms with Gasteiger partial charge in [-0.1, -0.05) is 6.92 Å². The van der Waals surface area contributed by atoms with Crippen LogP contribution < -0.4 is 5.73 Å². The van der Waals surface area contributed by atoms with E-state index in [1.54, 1.807) is 7.11 Å². The van der Waals surface area contributed by atoms with Gasteiger partial charge < -0.3 is 10.5 Å². The van der Waals surface area contributed by atoms with Gasteiger partial charge >= 0.3 is 0 Å². The van der Waals surface area contributed by atoms with Crippen molar-refractivity contribution in [2.45, 2.75) is 45.7 Å². The summed E-state index contributed by atoms with van der Waals surface area (Å²) in [5.74, 6) is 0. The Morgan fingerprint density at radius 3 is 2.71 bits per heavy atom. The summed E-state index contributed by atoms with van der Waals surface area (Å²) in [7, 11) is 1.70. The van der Waals surface area contributed by atoms with E-state index in [4.69, 9.17) is 10.5 Å². The number of nitrogens with two attached hydrogens (primary N) is 1. The SMILES string of the molecule is CCc1nn(CC)c(CC(N)CCOC)c1Br. The molecule has 0 saturated heterocycles. The zero-order valence-electron chi connectivity index (χ0n) is 10.9. The molecule has 98 valence electrons. The monoisotopic (exact) mass is 303 g/mol. The number of methoxy groups -OCH3 is 1. The van der Waals surface area contributed by atoms with Crippen molar-refractivity contribution in [1.29, 1.82) is 0 Å². The van der Waals surface area contributed by atoms with E-state index >= 15 is 0 Å². The maximum atomic E-state index is 6.09. The van der Waals surface area contributed by atoms with E-state index in [9.17, 15) is 0 Å². The largest absolute Gasteiger partial charge is 0.385 e. The van der Waals surface area contributed by atoms with Gasteiger partial charge in [0.25, 0.3) is 0 Å². The molecule has 0 spiro atoms. The molecular weight excluding hydrogens is 282 g/mol. The van der Waals surface area contributed by atoms with Crippen molar-refractivity contribution in [2.24, 2.45) is 5.73 Å². The molecule has 0 aromatic carbocycles. The van der Waals surface area contributed by atoms with Crippen LogP contribution in [0, 0.1) is 0 Å². The van der Waals surface area contributed by atoms with Crippen LogP contribution in [0.25, 0.3) is 0 Å². The lowest BCUT2D eigenvalue weighted by molar-refractivity contribution is 0.187. The van der Waals surface area contributed by atoms with Crippen LogP contribution in [0.1, 0.15) is 31.7 Å². The molecule has 1 atom stereocenters. The predicted octanol–water partition coefficient (Wildman–Crippen LogP) is 2.13. The molecule has 1 unspecified atom stereocenters. The van der Waals surface area contributed by atoms with Crippen molar-refractivity contribution in [3.05, 3.63) is 15.9 Å². The fourth-order valence-corrected chi connectivity index (χ4v) is 2.56. The number of aromatic nitrogens is 2. The molecule has 0 fully saturated rings. The summed E-state index contributed by atoms with van der Waals surface area (Å²) in [6.07, 6.45) is 2.65. The van der Waals surface area contributed by atoms with E-state index in [1.165, 1.54) is 5.69 Å². The minimum Gasteiger partial charge on any atom is -0.385 e. The van der Waals surface area contributed by atoms with Crippen LogP contribution >= 0.6 is 15.9 Å². The molecule has 0 aliphatic carbocycles. The van der Waals surface area contributed by atoms with Gasteiger partial charge in [-0.15, -0.1) is 0 Å². The highest BCUT2D eigenvalue weighted by Gasteiger charge is 2.16. The van der Waals surface area contributed by atoms with Crippen LogP contribution in [0.5, 0.6) is 0 Å². The first kappa shape index (κ1) is 14.7. The average Bonchev–Trinajstić information content (AvgIpc) is 2.63. The highest BCUT2D eigenvalue weighted by atomic mass is 79.9. The Morgan fingerprint density at radius 2 is 2.18 bits per heavy atom. The number of hydrogen-bond acceptors (Lipinski definition) is 3. The quantitative estimate of drug-likeness (QED) is 0.839. The van der Waals surface area contributed by atoms with E-state index < -0.39 is 0 Å². The standard InChI is InChI=1S/C12H22BrN3O/c1-4-10-12(13)11(16(5-2)15-10)8-9(14)6-7-17-3/h9H,4-8,14H2,1-3H3. The number of ether oxygens (including phenoxy) is 1. The lowest BCUT2D eigenvalue weighted by Gasteiger charge is -2.12. The Labute approximate surface area is 112 Å². The second kappa shape index (κ2) is 7.13. The van der Waals surface area contributed by atoms with Crippen molar-refractivity contribution < 1.29 is 4.74 Å². The van der Waals surface area contributed by atoms with Crippen LogP contribution in [0.3, 0.4) is 0 Å².